The molecule has 1 aliphatic carbocycles. The van der Waals surface area contributed by atoms with Gasteiger partial charge < -0.3 is 15.8 Å². The molecule has 0 aliphatic heterocycles. The molecule has 2 heterocycles. The van der Waals surface area contributed by atoms with E-state index in [2.05, 4.69) is 25.7 Å². The fourth-order valence-electron chi connectivity index (χ4n) is 4.07. The SMILES string of the molecule is NC(=O)c1[nH]ncc1NC(=O)[C@@H]1CCCC[C@H]1COCc1ccc(-c2ccn[nH]2)cc1. The molecule has 4 rings (SSSR count). The Morgan fingerprint density at radius 2 is 1.90 bits per heavy atom. The second-order valence-corrected chi connectivity index (χ2v) is 7.85. The Hall–Kier alpha value is -3.46. The minimum absolute atomic E-state index is 0.107. The summed E-state index contributed by atoms with van der Waals surface area (Å²) in [5.41, 5.74) is 8.85. The summed E-state index contributed by atoms with van der Waals surface area (Å²) in [4.78, 5) is 24.3. The molecule has 162 valence electrons. The van der Waals surface area contributed by atoms with Crippen molar-refractivity contribution in [3.8, 4) is 11.3 Å². The third kappa shape index (κ3) is 5.00. The van der Waals surface area contributed by atoms with Crippen LogP contribution in [0, 0.1) is 11.8 Å². The number of hydrogen-bond acceptors (Lipinski definition) is 5. The van der Waals surface area contributed by atoms with Gasteiger partial charge in [0.25, 0.3) is 5.91 Å². The lowest BCUT2D eigenvalue weighted by atomic mass is 9.79. The molecule has 0 unspecified atom stereocenters. The quantitative estimate of drug-likeness (QED) is 0.442. The Kier molecular flexibility index (Phi) is 6.42. The molecule has 0 bridgehead atoms. The molecule has 2 atom stereocenters. The van der Waals surface area contributed by atoms with E-state index < -0.39 is 5.91 Å². The van der Waals surface area contributed by atoms with Gasteiger partial charge in [-0.1, -0.05) is 37.1 Å². The van der Waals surface area contributed by atoms with E-state index in [-0.39, 0.29) is 23.4 Å². The van der Waals surface area contributed by atoms with Crippen LogP contribution in [0.15, 0.2) is 42.7 Å². The zero-order chi connectivity index (χ0) is 21.6. The lowest BCUT2D eigenvalue weighted by Gasteiger charge is -2.30. The van der Waals surface area contributed by atoms with Crippen molar-refractivity contribution in [3.63, 3.8) is 0 Å². The van der Waals surface area contributed by atoms with Gasteiger partial charge in [0.1, 0.15) is 5.69 Å². The highest BCUT2D eigenvalue weighted by molar-refractivity contribution is 6.02. The minimum Gasteiger partial charge on any atom is -0.376 e. The molecule has 1 aliphatic rings. The molecular weight excluding hydrogens is 396 g/mol. The molecule has 1 saturated carbocycles. The Morgan fingerprint density at radius 1 is 1.10 bits per heavy atom. The molecule has 3 aromatic rings. The third-order valence-electron chi connectivity index (χ3n) is 5.76. The predicted octanol–water partition coefficient (Wildman–Crippen LogP) is 2.86. The van der Waals surface area contributed by atoms with Gasteiger partial charge in [-0.25, -0.2) is 0 Å². The lowest BCUT2D eigenvalue weighted by molar-refractivity contribution is -0.123. The van der Waals surface area contributed by atoms with Gasteiger partial charge in [0.15, 0.2) is 0 Å². The monoisotopic (exact) mass is 422 g/mol. The van der Waals surface area contributed by atoms with Gasteiger partial charge in [-0.2, -0.15) is 10.2 Å². The number of primary amides is 1. The van der Waals surface area contributed by atoms with Gasteiger partial charge in [-0.3, -0.25) is 19.8 Å². The van der Waals surface area contributed by atoms with Gasteiger partial charge in [0, 0.05) is 12.1 Å². The van der Waals surface area contributed by atoms with Crippen molar-refractivity contribution in [2.45, 2.75) is 32.3 Å². The first kappa shape index (κ1) is 20.8. The Bertz CT molecular complexity index is 1010. The summed E-state index contributed by atoms with van der Waals surface area (Å²) in [6, 6.07) is 10.1. The van der Waals surface area contributed by atoms with Crippen LogP contribution < -0.4 is 11.1 Å². The fourth-order valence-corrected chi connectivity index (χ4v) is 4.07. The molecule has 9 heteroatoms. The van der Waals surface area contributed by atoms with Crippen molar-refractivity contribution in [2.24, 2.45) is 17.6 Å². The van der Waals surface area contributed by atoms with Crippen molar-refractivity contribution in [1.82, 2.24) is 20.4 Å². The minimum atomic E-state index is -0.658. The number of anilines is 1. The van der Waals surface area contributed by atoms with Crippen molar-refractivity contribution in [1.29, 1.82) is 0 Å². The summed E-state index contributed by atoms with van der Waals surface area (Å²) >= 11 is 0. The van der Waals surface area contributed by atoms with Crippen LogP contribution in [-0.2, 0) is 16.1 Å². The molecule has 5 N–H and O–H groups in total. The van der Waals surface area contributed by atoms with Gasteiger partial charge >= 0.3 is 0 Å². The summed E-state index contributed by atoms with van der Waals surface area (Å²) < 4.78 is 5.97. The molecule has 9 nitrogen and oxygen atoms in total. The number of ether oxygens (including phenoxy) is 1. The number of hydrogen-bond donors (Lipinski definition) is 4. The van der Waals surface area contributed by atoms with Crippen LogP contribution in [0.4, 0.5) is 5.69 Å². The van der Waals surface area contributed by atoms with Crippen LogP contribution in [0.3, 0.4) is 0 Å². The fraction of sp³-hybridized carbons (Fsp3) is 0.364. The molecule has 2 aromatic heterocycles. The zero-order valence-corrected chi connectivity index (χ0v) is 17.1. The molecule has 0 spiro atoms. The maximum atomic E-state index is 12.9. The molecule has 1 fully saturated rings. The molecule has 31 heavy (non-hydrogen) atoms. The van der Waals surface area contributed by atoms with Crippen LogP contribution in [0.1, 0.15) is 41.7 Å². The standard InChI is InChI=1S/C22H26N6O3/c23-21(29)20-19(11-25-28-20)26-22(30)17-4-2-1-3-16(17)13-31-12-14-5-7-15(8-6-14)18-9-10-24-27-18/h5-11,16-17H,1-4,12-13H2,(H2,23,29)(H,24,27)(H,25,28)(H,26,30)/t16-,17+/m0/s1. The smallest absolute Gasteiger partial charge is 0.268 e. The van der Waals surface area contributed by atoms with E-state index in [0.717, 1.165) is 42.5 Å². The number of benzene rings is 1. The van der Waals surface area contributed by atoms with Crippen LogP contribution >= 0.6 is 0 Å². The van der Waals surface area contributed by atoms with Gasteiger partial charge in [-0.15, -0.1) is 0 Å². The zero-order valence-electron chi connectivity index (χ0n) is 17.1. The topological polar surface area (TPSA) is 139 Å². The maximum Gasteiger partial charge on any atom is 0.268 e. The summed E-state index contributed by atoms with van der Waals surface area (Å²) in [5, 5.41) is 16.0. The molecule has 0 saturated heterocycles. The van der Waals surface area contributed by atoms with Gasteiger partial charge in [0.05, 0.1) is 30.8 Å². The average Bonchev–Trinajstić information content (AvgIpc) is 3.47. The number of aromatic amines is 2. The van der Waals surface area contributed by atoms with E-state index in [1.807, 2.05) is 30.3 Å². The normalized spacial score (nSPS) is 18.6. The summed E-state index contributed by atoms with van der Waals surface area (Å²) in [6.07, 6.45) is 6.93. The predicted molar refractivity (Wildman–Crippen MR) is 115 cm³/mol. The van der Waals surface area contributed by atoms with Crippen LogP contribution in [0.2, 0.25) is 0 Å². The highest BCUT2D eigenvalue weighted by atomic mass is 16.5. The second kappa shape index (κ2) is 9.57. The number of amides is 2. The first-order chi connectivity index (χ1) is 15.1. The van der Waals surface area contributed by atoms with E-state index in [1.54, 1.807) is 6.20 Å². The third-order valence-corrected chi connectivity index (χ3v) is 5.76. The van der Waals surface area contributed by atoms with Crippen molar-refractivity contribution < 1.29 is 14.3 Å². The number of aromatic nitrogens is 4. The van der Waals surface area contributed by atoms with Crippen LogP contribution in [-0.4, -0.2) is 38.8 Å². The van der Waals surface area contributed by atoms with Crippen LogP contribution in [0.25, 0.3) is 11.3 Å². The number of nitrogens with two attached hydrogens (primary N) is 1. The Morgan fingerprint density at radius 3 is 2.65 bits per heavy atom. The van der Waals surface area contributed by atoms with Gasteiger partial charge in [-0.05, 0) is 36.0 Å². The van der Waals surface area contributed by atoms with E-state index in [1.165, 1.54) is 6.20 Å². The lowest BCUT2D eigenvalue weighted by Crippen LogP contribution is -2.34. The Labute approximate surface area is 179 Å². The highest BCUT2D eigenvalue weighted by Crippen LogP contribution is 2.32. The number of nitrogens with zero attached hydrogens (tertiary/aromatic N) is 2. The first-order valence-electron chi connectivity index (χ1n) is 10.4. The summed E-state index contributed by atoms with van der Waals surface area (Å²) in [7, 11) is 0. The number of carbonyl (C=O) groups is 2. The first-order valence-corrected chi connectivity index (χ1v) is 10.4. The molecule has 2 amide bonds. The maximum absolute atomic E-state index is 12.9. The van der Waals surface area contributed by atoms with Crippen LogP contribution in [0.5, 0.6) is 0 Å². The number of H-pyrrole nitrogens is 2. The molecule has 1 aromatic carbocycles. The molecular formula is C22H26N6O3. The summed E-state index contributed by atoms with van der Waals surface area (Å²) in [5.74, 6) is -0.829. The average molecular weight is 422 g/mol. The number of nitrogens with one attached hydrogen (secondary N) is 3. The van der Waals surface area contributed by atoms with Crippen molar-refractivity contribution in [3.05, 3.63) is 54.0 Å². The van der Waals surface area contributed by atoms with E-state index in [9.17, 15) is 9.59 Å². The Balaban J connectivity index is 1.32. The second-order valence-electron chi connectivity index (χ2n) is 7.85. The van der Waals surface area contributed by atoms with E-state index in [0.29, 0.717) is 18.9 Å². The van der Waals surface area contributed by atoms with Crippen molar-refractivity contribution >= 4 is 17.5 Å². The highest BCUT2D eigenvalue weighted by Gasteiger charge is 2.31. The number of carbonyl (C=O) groups excluding carboxylic acids is 2. The van der Waals surface area contributed by atoms with Gasteiger partial charge in [0.2, 0.25) is 5.91 Å². The molecule has 0 radical (unpaired) electrons. The largest absolute Gasteiger partial charge is 0.376 e. The van der Waals surface area contributed by atoms with E-state index >= 15 is 0 Å². The number of rotatable bonds is 8. The van der Waals surface area contributed by atoms with E-state index in [4.69, 9.17) is 10.5 Å². The summed E-state index contributed by atoms with van der Waals surface area (Å²) in [6.45, 7) is 0.996. The van der Waals surface area contributed by atoms with Crippen molar-refractivity contribution in [2.75, 3.05) is 11.9 Å².